The highest BCUT2D eigenvalue weighted by Crippen LogP contribution is 2.20. The largest absolute Gasteiger partial charge is 0.394 e. The normalized spacial score (nSPS) is 24.1. The maximum Gasteiger partial charge on any atom is 0.114 e. The molecule has 1 heterocycles. The zero-order valence-corrected chi connectivity index (χ0v) is 17.2. The number of unbranched alkanes of at least 4 members (excludes halogenated alkanes) is 11. The van der Waals surface area contributed by atoms with E-state index in [-0.39, 0.29) is 6.61 Å². The molecule has 0 aliphatic carbocycles. The van der Waals surface area contributed by atoms with Crippen LogP contribution in [0.3, 0.4) is 0 Å². The minimum absolute atomic E-state index is 0.245. The fourth-order valence-electron chi connectivity index (χ4n) is 3.50. The van der Waals surface area contributed by atoms with Gasteiger partial charge in [0.2, 0.25) is 0 Å². The Hall–Kier alpha value is -0.460. The zero-order chi connectivity index (χ0) is 19.7. The van der Waals surface area contributed by atoms with Crippen molar-refractivity contribution in [3.8, 4) is 0 Å². The summed E-state index contributed by atoms with van der Waals surface area (Å²) < 4.78 is 10.9. The lowest BCUT2D eigenvalue weighted by Crippen LogP contribution is -2.41. The van der Waals surface area contributed by atoms with Gasteiger partial charge in [-0.05, 0) is 12.8 Å². The molecule has 0 radical (unpaired) electrons. The van der Waals surface area contributed by atoms with Crippen molar-refractivity contribution >= 4 is 0 Å². The number of allylic oxidation sites excluding steroid dienone is 1. The molecule has 1 aliphatic heterocycles. The second-order valence-corrected chi connectivity index (χ2v) is 7.71. The first-order valence-corrected chi connectivity index (χ1v) is 11.1. The van der Waals surface area contributed by atoms with E-state index >= 15 is 0 Å². The van der Waals surface area contributed by atoms with Crippen LogP contribution >= 0.6 is 0 Å². The van der Waals surface area contributed by atoms with Crippen LogP contribution in [0.15, 0.2) is 12.2 Å². The molecule has 27 heavy (non-hydrogen) atoms. The lowest BCUT2D eigenvalue weighted by Gasteiger charge is -2.20. The molecule has 1 fully saturated rings. The van der Waals surface area contributed by atoms with Gasteiger partial charge in [-0.3, -0.25) is 0 Å². The summed E-state index contributed by atoms with van der Waals surface area (Å²) in [6.07, 6.45) is 16.9. The van der Waals surface area contributed by atoms with Gasteiger partial charge in [-0.15, -0.1) is 0 Å². The van der Waals surface area contributed by atoms with Gasteiger partial charge in [0.15, 0.2) is 0 Å². The van der Waals surface area contributed by atoms with Crippen molar-refractivity contribution in [1.29, 1.82) is 0 Å². The first-order chi connectivity index (χ1) is 13.2. The van der Waals surface area contributed by atoms with Crippen LogP contribution < -0.4 is 0 Å². The van der Waals surface area contributed by atoms with Gasteiger partial charge in [-0.1, -0.05) is 83.3 Å². The molecule has 4 atom stereocenters. The molecule has 3 N–H and O–H groups in total. The topological polar surface area (TPSA) is 79.2 Å². The van der Waals surface area contributed by atoms with E-state index in [0.717, 1.165) is 6.42 Å². The van der Waals surface area contributed by atoms with Crippen LogP contribution in [0.5, 0.6) is 0 Å². The van der Waals surface area contributed by atoms with Crippen LogP contribution in [-0.2, 0) is 9.47 Å². The van der Waals surface area contributed by atoms with Crippen LogP contribution in [0.2, 0.25) is 0 Å². The van der Waals surface area contributed by atoms with Crippen molar-refractivity contribution in [2.75, 3.05) is 19.8 Å². The molecular formula is C22H42O5. The molecule has 1 aliphatic rings. The quantitative estimate of drug-likeness (QED) is 0.262. The number of hydrogen-bond acceptors (Lipinski definition) is 5. The van der Waals surface area contributed by atoms with Crippen molar-refractivity contribution in [3.63, 3.8) is 0 Å². The van der Waals surface area contributed by atoms with Gasteiger partial charge in [-0.2, -0.15) is 0 Å². The van der Waals surface area contributed by atoms with E-state index in [9.17, 15) is 10.2 Å². The third-order valence-corrected chi connectivity index (χ3v) is 5.28. The summed E-state index contributed by atoms with van der Waals surface area (Å²) in [5.74, 6) is 0. The maximum atomic E-state index is 10.0. The standard InChI is InChI=1S/C22H42O5/c1-2-3-4-5-6-7-8-9-10-11-12-13-14-15-16-26-20-18-27-22(21(20)25)19(24)17-23/h14-15,19-25H,2-13,16-18H2,1H3/b15-14+/t19-,20+,21+,22+/m0/s1. The van der Waals surface area contributed by atoms with Crippen LogP contribution in [0, 0.1) is 0 Å². The highest BCUT2D eigenvalue weighted by atomic mass is 16.6. The SMILES string of the molecule is CCCCCCCCCCCCC/C=C/CO[C@@H]1CO[C@H]([C@@H](O)CO)[C@@H]1O. The third-order valence-electron chi connectivity index (χ3n) is 5.28. The monoisotopic (exact) mass is 386 g/mol. The van der Waals surface area contributed by atoms with Crippen LogP contribution in [0.1, 0.15) is 84.0 Å². The van der Waals surface area contributed by atoms with Crippen molar-refractivity contribution in [3.05, 3.63) is 12.2 Å². The lowest BCUT2D eigenvalue weighted by molar-refractivity contribution is -0.0716. The van der Waals surface area contributed by atoms with Crippen molar-refractivity contribution in [2.24, 2.45) is 0 Å². The molecule has 0 bridgehead atoms. The van der Waals surface area contributed by atoms with E-state index in [4.69, 9.17) is 14.6 Å². The van der Waals surface area contributed by atoms with E-state index in [1.165, 1.54) is 70.6 Å². The Morgan fingerprint density at radius 2 is 1.56 bits per heavy atom. The van der Waals surface area contributed by atoms with E-state index < -0.39 is 31.0 Å². The van der Waals surface area contributed by atoms with Gasteiger partial charge in [0.05, 0.1) is 19.8 Å². The Morgan fingerprint density at radius 3 is 2.15 bits per heavy atom. The number of ether oxygens (including phenoxy) is 2. The highest BCUT2D eigenvalue weighted by molar-refractivity contribution is 4.90. The van der Waals surface area contributed by atoms with E-state index in [1.54, 1.807) is 0 Å². The molecule has 0 aromatic heterocycles. The Morgan fingerprint density at radius 1 is 0.963 bits per heavy atom. The molecule has 1 saturated heterocycles. The molecule has 0 spiro atoms. The summed E-state index contributed by atoms with van der Waals surface area (Å²) in [4.78, 5) is 0. The van der Waals surface area contributed by atoms with Crippen molar-refractivity contribution in [1.82, 2.24) is 0 Å². The molecule has 1 rings (SSSR count). The number of aliphatic hydroxyl groups excluding tert-OH is 3. The average Bonchev–Trinajstić information content (AvgIpc) is 3.04. The average molecular weight is 387 g/mol. The lowest BCUT2D eigenvalue weighted by atomic mass is 10.1. The summed E-state index contributed by atoms with van der Waals surface area (Å²) in [6.45, 7) is 2.52. The number of hydrogen-bond donors (Lipinski definition) is 3. The van der Waals surface area contributed by atoms with Crippen molar-refractivity contribution < 1.29 is 24.8 Å². The summed E-state index contributed by atoms with van der Waals surface area (Å²) >= 11 is 0. The van der Waals surface area contributed by atoms with Gasteiger partial charge in [0, 0.05) is 0 Å². The maximum absolute atomic E-state index is 10.0. The highest BCUT2D eigenvalue weighted by Gasteiger charge is 2.40. The van der Waals surface area contributed by atoms with E-state index in [1.807, 2.05) is 6.08 Å². The minimum atomic E-state index is -1.06. The molecule has 5 heteroatoms. The summed E-state index contributed by atoms with van der Waals surface area (Å²) in [7, 11) is 0. The van der Waals surface area contributed by atoms with Crippen LogP contribution in [-0.4, -0.2) is 59.6 Å². The molecule has 0 amide bonds. The predicted molar refractivity (Wildman–Crippen MR) is 109 cm³/mol. The van der Waals surface area contributed by atoms with Gasteiger partial charge in [0.1, 0.15) is 24.4 Å². The molecule has 0 unspecified atom stereocenters. The fourth-order valence-corrected chi connectivity index (χ4v) is 3.50. The van der Waals surface area contributed by atoms with E-state index in [2.05, 4.69) is 13.0 Å². The van der Waals surface area contributed by atoms with Gasteiger partial charge in [-0.25, -0.2) is 0 Å². The molecule has 0 aromatic rings. The smallest absolute Gasteiger partial charge is 0.114 e. The zero-order valence-electron chi connectivity index (χ0n) is 17.2. The number of aliphatic hydroxyl groups is 3. The Bertz CT molecular complexity index is 361. The van der Waals surface area contributed by atoms with E-state index in [0.29, 0.717) is 6.61 Å². The van der Waals surface area contributed by atoms with Crippen LogP contribution in [0.25, 0.3) is 0 Å². The molecule has 0 saturated carbocycles. The van der Waals surface area contributed by atoms with Gasteiger partial charge >= 0.3 is 0 Å². The Labute approximate surface area is 165 Å². The Balaban J connectivity index is 1.89. The second-order valence-electron chi connectivity index (χ2n) is 7.71. The predicted octanol–water partition coefficient (Wildman–Crippen LogP) is 3.74. The van der Waals surface area contributed by atoms with Crippen molar-refractivity contribution in [2.45, 2.75) is 108 Å². The minimum Gasteiger partial charge on any atom is -0.394 e. The second kappa shape index (κ2) is 16.5. The first-order valence-electron chi connectivity index (χ1n) is 11.1. The van der Waals surface area contributed by atoms with Crippen LogP contribution in [0.4, 0.5) is 0 Å². The fraction of sp³-hybridized carbons (Fsp3) is 0.909. The molecule has 0 aromatic carbocycles. The number of rotatable bonds is 17. The summed E-state index contributed by atoms with van der Waals surface area (Å²) in [5.41, 5.74) is 0. The summed E-state index contributed by atoms with van der Waals surface area (Å²) in [6, 6.07) is 0. The Kier molecular flexibility index (Phi) is 15.0. The first kappa shape index (κ1) is 24.6. The van der Waals surface area contributed by atoms with Gasteiger partial charge < -0.3 is 24.8 Å². The third kappa shape index (κ3) is 11.2. The molecule has 5 nitrogen and oxygen atoms in total. The molecular weight excluding hydrogens is 344 g/mol. The summed E-state index contributed by atoms with van der Waals surface area (Å²) in [5, 5.41) is 28.5. The van der Waals surface area contributed by atoms with Gasteiger partial charge in [0.25, 0.3) is 0 Å². The molecule has 160 valence electrons.